The van der Waals surface area contributed by atoms with Crippen molar-refractivity contribution in [1.82, 2.24) is 13.7 Å². The molecule has 0 atom stereocenters. The van der Waals surface area contributed by atoms with Crippen LogP contribution in [-0.4, -0.2) is 13.7 Å². The molecule has 0 bridgehead atoms. The van der Waals surface area contributed by atoms with Crippen LogP contribution < -0.4 is 9.46 Å². The molecule has 0 spiro atoms. The summed E-state index contributed by atoms with van der Waals surface area (Å²) >= 11 is 2.79. The van der Waals surface area contributed by atoms with Crippen LogP contribution in [-0.2, 0) is 6.61 Å². The van der Waals surface area contributed by atoms with E-state index in [1.165, 1.54) is 11.7 Å². The van der Waals surface area contributed by atoms with Crippen molar-refractivity contribution in [2.75, 3.05) is 4.72 Å². The molecule has 0 aliphatic rings. The number of rotatable bonds is 6. The smallest absolute Gasteiger partial charge is 0.128 e. The van der Waals surface area contributed by atoms with Crippen LogP contribution in [0.4, 0.5) is 5.69 Å². The summed E-state index contributed by atoms with van der Waals surface area (Å²) in [6.07, 6.45) is 2.00. The van der Waals surface area contributed by atoms with Gasteiger partial charge in [-0.1, -0.05) is 36.4 Å². The zero-order chi connectivity index (χ0) is 18.8. The number of hydrogen-bond acceptors (Lipinski definition) is 6. The fourth-order valence-electron chi connectivity index (χ4n) is 2.99. The normalized spacial score (nSPS) is 11.1. The molecular weight excluding hydrogens is 388 g/mol. The van der Waals surface area contributed by atoms with Gasteiger partial charge in [0.15, 0.2) is 0 Å². The van der Waals surface area contributed by atoms with E-state index >= 15 is 0 Å². The molecule has 0 saturated carbocycles. The number of fused-ring (bicyclic) bond motifs is 2. The zero-order valence-electron chi connectivity index (χ0n) is 14.8. The highest BCUT2D eigenvalue weighted by Gasteiger charge is 2.09. The molecule has 2 heterocycles. The average Bonchev–Trinajstić information content (AvgIpc) is 3.38. The van der Waals surface area contributed by atoms with E-state index in [1.807, 2.05) is 54.7 Å². The molecule has 0 saturated heterocycles. The minimum absolute atomic E-state index is 0.557. The molecule has 0 aliphatic carbocycles. The van der Waals surface area contributed by atoms with Crippen molar-refractivity contribution in [2.45, 2.75) is 11.5 Å². The number of anilines is 1. The Morgan fingerprint density at radius 3 is 2.86 bits per heavy atom. The van der Waals surface area contributed by atoms with Crippen LogP contribution in [0.25, 0.3) is 21.9 Å². The van der Waals surface area contributed by atoms with Crippen molar-refractivity contribution in [3.8, 4) is 5.75 Å². The fourth-order valence-corrected chi connectivity index (χ4v) is 4.33. The molecule has 3 aromatic carbocycles. The molecule has 2 aromatic heterocycles. The minimum atomic E-state index is 0.557. The molecule has 0 aliphatic heterocycles. The first-order chi connectivity index (χ1) is 13.9. The summed E-state index contributed by atoms with van der Waals surface area (Å²) in [6, 6.07) is 22.3. The highest BCUT2D eigenvalue weighted by molar-refractivity contribution is 8.00. The maximum atomic E-state index is 5.92. The molecule has 5 rings (SSSR count). The number of ether oxygens (including phenoxy) is 1. The Bertz CT molecular complexity index is 1230. The first-order valence-corrected chi connectivity index (χ1v) is 10.3. The summed E-state index contributed by atoms with van der Waals surface area (Å²) in [6.45, 7) is 0.557. The van der Waals surface area contributed by atoms with Crippen LogP contribution in [0.15, 0.2) is 77.8 Å². The lowest BCUT2D eigenvalue weighted by molar-refractivity contribution is 0.306. The van der Waals surface area contributed by atoms with Gasteiger partial charge in [-0.3, -0.25) is 0 Å². The Labute approximate surface area is 170 Å². The molecule has 0 radical (unpaired) electrons. The number of H-pyrrole nitrogens is 1. The molecule has 28 heavy (non-hydrogen) atoms. The second-order valence-corrected chi connectivity index (χ2v) is 7.65. The number of hydrogen-bond donors (Lipinski definition) is 2. The molecule has 7 heteroatoms. The number of aromatic nitrogens is 3. The van der Waals surface area contributed by atoms with E-state index in [9.17, 15) is 0 Å². The predicted octanol–water partition coefficient (Wildman–Crippen LogP) is 5.87. The van der Waals surface area contributed by atoms with Crippen LogP contribution in [0.3, 0.4) is 0 Å². The van der Waals surface area contributed by atoms with Crippen LogP contribution in [0, 0.1) is 0 Å². The topological polar surface area (TPSA) is 62.8 Å². The van der Waals surface area contributed by atoms with E-state index < -0.39 is 0 Å². The summed E-state index contributed by atoms with van der Waals surface area (Å²) in [5.74, 6) is 0.848. The predicted molar refractivity (Wildman–Crippen MR) is 116 cm³/mol. The van der Waals surface area contributed by atoms with Crippen LogP contribution in [0.2, 0.25) is 0 Å². The lowest BCUT2D eigenvalue weighted by atomic mass is 10.2. The third-order valence-corrected chi connectivity index (χ3v) is 5.84. The summed E-state index contributed by atoms with van der Waals surface area (Å²) in [4.78, 5) is 4.44. The summed E-state index contributed by atoms with van der Waals surface area (Å²) in [5, 5.41) is 1.15. The Morgan fingerprint density at radius 2 is 1.93 bits per heavy atom. The van der Waals surface area contributed by atoms with Crippen molar-refractivity contribution in [3.05, 3.63) is 78.5 Å². The minimum Gasteiger partial charge on any atom is -0.489 e. The Kier molecular flexibility index (Phi) is 4.60. The maximum Gasteiger partial charge on any atom is 0.128 e. The monoisotopic (exact) mass is 404 g/mol. The first-order valence-electron chi connectivity index (χ1n) is 8.79. The van der Waals surface area contributed by atoms with E-state index in [0.29, 0.717) is 6.61 Å². The maximum absolute atomic E-state index is 5.92. The summed E-state index contributed by atoms with van der Waals surface area (Å²) in [7, 11) is 0. The van der Waals surface area contributed by atoms with Gasteiger partial charge in [-0.25, -0.2) is 0 Å². The van der Waals surface area contributed by atoms with Crippen LogP contribution in [0.1, 0.15) is 5.56 Å². The quantitative estimate of drug-likeness (QED) is 0.347. The van der Waals surface area contributed by atoms with Gasteiger partial charge in [0.25, 0.3) is 0 Å². The van der Waals surface area contributed by atoms with Gasteiger partial charge in [-0.05, 0) is 41.8 Å². The average molecular weight is 405 g/mol. The molecule has 0 unspecified atom stereocenters. The van der Waals surface area contributed by atoms with Crippen molar-refractivity contribution in [2.24, 2.45) is 0 Å². The van der Waals surface area contributed by atoms with Gasteiger partial charge in [0.1, 0.15) is 23.4 Å². The summed E-state index contributed by atoms with van der Waals surface area (Å²) in [5.41, 5.74) is 4.98. The molecule has 5 nitrogen and oxygen atoms in total. The molecule has 2 N–H and O–H groups in total. The SMILES string of the molecule is c1ccc(COc2ccc3c(SNc4cccc5nsnc45)c[nH]c3c2)cc1. The Morgan fingerprint density at radius 1 is 1.00 bits per heavy atom. The Hall–Kier alpha value is -3.03. The van der Waals surface area contributed by atoms with E-state index in [0.717, 1.165) is 43.8 Å². The Balaban J connectivity index is 1.31. The zero-order valence-corrected chi connectivity index (χ0v) is 16.4. The number of benzene rings is 3. The van der Waals surface area contributed by atoms with E-state index in [2.05, 4.69) is 36.7 Å². The lowest BCUT2D eigenvalue weighted by Gasteiger charge is -2.07. The number of aromatic amines is 1. The van der Waals surface area contributed by atoms with Crippen molar-refractivity contribution in [3.63, 3.8) is 0 Å². The highest BCUT2D eigenvalue weighted by Crippen LogP contribution is 2.32. The largest absolute Gasteiger partial charge is 0.489 e. The van der Waals surface area contributed by atoms with Crippen molar-refractivity contribution >= 4 is 51.3 Å². The molecule has 0 fully saturated rings. The van der Waals surface area contributed by atoms with Crippen LogP contribution in [0.5, 0.6) is 5.75 Å². The fraction of sp³-hybridized carbons (Fsp3) is 0.0476. The molecule has 5 aromatic rings. The molecule has 0 amide bonds. The number of nitrogens with zero attached hydrogens (tertiary/aromatic N) is 2. The van der Waals surface area contributed by atoms with E-state index in [4.69, 9.17) is 4.74 Å². The van der Waals surface area contributed by atoms with Gasteiger partial charge in [-0.2, -0.15) is 8.75 Å². The van der Waals surface area contributed by atoms with Gasteiger partial charge < -0.3 is 14.4 Å². The van der Waals surface area contributed by atoms with Gasteiger partial charge in [0.2, 0.25) is 0 Å². The van der Waals surface area contributed by atoms with Crippen molar-refractivity contribution < 1.29 is 4.74 Å². The van der Waals surface area contributed by atoms with Gasteiger partial charge in [0, 0.05) is 17.6 Å². The highest BCUT2D eigenvalue weighted by atomic mass is 32.2. The molecular formula is C21H16N4OS2. The molecule has 138 valence electrons. The summed E-state index contributed by atoms with van der Waals surface area (Å²) < 4.78 is 18.0. The third kappa shape index (κ3) is 3.42. The van der Waals surface area contributed by atoms with Gasteiger partial charge >= 0.3 is 0 Å². The second kappa shape index (κ2) is 7.53. The lowest BCUT2D eigenvalue weighted by Crippen LogP contribution is -1.94. The number of nitrogens with one attached hydrogen (secondary N) is 2. The first kappa shape index (κ1) is 17.1. The van der Waals surface area contributed by atoms with E-state index in [-0.39, 0.29) is 0 Å². The van der Waals surface area contributed by atoms with Crippen molar-refractivity contribution in [1.29, 1.82) is 0 Å². The second-order valence-electron chi connectivity index (χ2n) is 6.28. The third-order valence-electron chi connectivity index (χ3n) is 4.42. The standard InChI is InChI=1S/C21H16N4OS2/c1-2-5-14(6-3-1)13-26-15-9-10-16-19(11-15)22-12-20(16)27-23-17-7-4-8-18-21(17)25-28-24-18/h1-12,22-23H,13H2. The van der Waals surface area contributed by atoms with Crippen LogP contribution >= 0.6 is 23.7 Å². The van der Waals surface area contributed by atoms with Gasteiger partial charge in [-0.15, -0.1) is 0 Å². The van der Waals surface area contributed by atoms with Gasteiger partial charge in [0.05, 0.1) is 27.8 Å². The van der Waals surface area contributed by atoms with E-state index in [1.54, 1.807) is 11.9 Å².